The van der Waals surface area contributed by atoms with E-state index in [2.05, 4.69) is 27.6 Å². The Morgan fingerprint density at radius 1 is 1.32 bits per heavy atom. The van der Waals surface area contributed by atoms with Crippen molar-refractivity contribution in [3.05, 3.63) is 41.9 Å². The molecule has 2 amide bonds. The number of nitrogens with zero attached hydrogens (tertiary/aromatic N) is 3. The molecular formula is C22H26N6O3. The number of nitrogens with one attached hydrogen (secondary N) is 3. The average molecular weight is 426 g/mol. The van der Waals surface area contributed by atoms with E-state index in [0.29, 0.717) is 11.4 Å². The maximum atomic E-state index is 12.7. The van der Waals surface area contributed by atoms with Gasteiger partial charge in [-0.05, 0) is 25.3 Å². The van der Waals surface area contributed by atoms with Crippen LogP contribution in [0.25, 0.3) is 5.52 Å². The van der Waals surface area contributed by atoms with Crippen molar-refractivity contribution >= 4 is 34.5 Å². The number of aromatic nitrogens is 3. The molecule has 0 saturated heterocycles. The maximum Gasteiger partial charge on any atom is 0.254 e. The molecular weight excluding hydrogens is 396 g/mol. The highest BCUT2D eigenvalue weighted by Crippen LogP contribution is 2.36. The van der Waals surface area contributed by atoms with Crippen LogP contribution in [-0.4, -0.2) is 40.5 Å². The molecule has 0 radical (unpaired) electrons. The zero-order valence-electron chi connectivity index (χ0n) is 20.4. The predicted octanol–water partition coefficient (Wildman–Crippen LogP) is 3.14. The number of carbonyl (C=O) groups excluding carboxylic acids is 2. The second kappa shape index (κ2) is 8.63. The number of anilines is 3. The van der Waals surface area contributed by atoms with Gasteiger partial charge in [-0.25, -0.2) is 9.50 Å². The molecule has 3 heterocycles. The van der Waals surface area contributed by atoms with Crippen LogP contribution in [0.4, 0.5) is 17.2 Å². The first-order valence-corrected chi connectivity index (χ1v) is 10.1. The molecule has 162 valence electrons. The summed E-state index contributed by atoms with van der Waals surface area (Å²) in [6.07, 6.45) is 8.19. The number of hydrogen-bond acceptors (Lipinski definition) is 6. The van der Waals surface area contributed by atoms with Gasteiger partial charge in [-0.15, -0.1) is 0 Å². The zero-order valence-corrected chi connectivity index (χ0v) is 17.4. The van der Waals surface area contributed by atoms with Crippen LogP contribution < -0.4 is 20.7 Å². The number of fused-ring (bicyclic) bond motifs is 1. The number of rotatable bonds is 8. The smallest absolute Gasteiger partial charge is 0.254 e. The summed E-state index contributed by atoms with van der Waals surface area (Å²) in [5.41, 5.74) is 2.61. The lowest BCUT2D eigenvalue weighted by molar-refractivity contribution is -0.117. The van der Waals surface area contributed by atoms with Gasteiger partial charge in [0.05, 0.1) is 30.2 Å². The van der Waals surface area contributed by atoms with Gasteiger partial charge in [-0.3, -0.25) is 9.59 Å². The van der Waals surface area contributed by atoms with Crippen molar-refractivity contribution in [3.8, 4) is 5.75 Å². The Balaban J connectivity index is 1.75. The monoisotopic (exact) mass is 425 g/mol. The first-order valence-electron chi connectivity index (χ1n) is 11.6. The number of carbonyl (C=O) groups is 2. The lowest BCUT2D eigenvalue weighted by Crippen LogP contribution is -2.20. The number of hydrogen-bond donors (Lipinski definition) is 3. The standard InChI is InChI=1S/C22H26N6O3/c1-4-5-14-11-25-28-9-8-16(20(31-3)19(14)28)26-17-10-18(27-21(29)13-6-7-13)24-12-15(17)22(30)23-2/h8-13H,4-7H2,1-3H3,(H,23,30)(H2,24,26,27,29)/i2D3. The molecule has 0 aromatic carbocycles. The summed E-state index contributed by atoms with van der Waals surface area (Å²) in [4.78, 5) is 29.1. The summed E-state index contributed by atoms with van der Waals surface area (Å²) in [6.45, 7) is -0.598. The number of amides is 2. The molecule has 9 nitrogen and oxygen atoms in total. The van der Waals surface area contributed by atoms with Crippen molar-refractivity contribution in [2.75, 3.05) is 24.7 Å². The lowest BCUT2D eigenvalue weighted by atomic mass is 10.1. The fourth-order valence-electron chi connectivity index (χ4n) is 3.46. The quantitative estimate of drug-likeness (QED) is 0.511. The molecule has 0 spiro atoms. The molecule has 1 saturated carbocycles. The van der Waals surface area contributed by atoms with Crippen LogP contribution in [0.1, 0.15) is 46.2 Å². The minimum absolute atomic E-state index is 0.00441. The third kappa shape index (κ3) is 4.16. The van der Waals surface area contributed by atoms with Gasteiger partial charge in [-0.2, -0.15) is 5.10 Å². The van der Waals surface area contributed by atoms with Crippen molar-refractivity contribution in [1.82, 2.24) is 19.9 Å². The topological polar surface area (TPSA) is 110 Å². The van der Waals surface area contributed by atoms with Gasteiger partial charge in [0.25, 0.3) is 5.91 Å². The molecule has 3 aromatic rings. The summed E-state index contributed by atoms with van der Waals surface area (Å²) in [5, 5.41) is 12.3. The Hall–Kier alpha value is -3.62. The summed E-state index contributed by atoms with van der Waals surface area (Å²) in [7, 11) is 1.54. The second-order valence-corrected chi connectivity index (χ2v) is 7.43. The van der Waals surface area contributed by atoms with E-state index < -0.39 is 12.9 Å². The minimum Gasteiger partial charge on any atom is -0.492 e. The Morgan fingerprint density at radius 2 is 2.16 bits per heavy atom. The third-order valence-corrected chi connectivity index (χ3v) is 5.17. The van der Waals surface area contributed by atoms with E-state index in [1.54, 1.807) is 30.1 Å². The second-order valence-electron chi connectivity index (χ2n) is 7.43. The molecule has 9 heteroatoms. The molecule has 1 aliphatic rings. The highest BCUT2D eigenvalue weighted by Gasteiger charge is 2.30. The summed E-state index contributed by atoms with van der Waals surface area (Å²) in [5.74, 6) is -0.225. The number of methoxy groups -OCH3 is 1. The van der Waals surface area contributed by atoms with Crippen LogP contribution >= 0.6 is 0 Å². The summed E-state index contributed by atoms with van der Waals surface area (Å²) < 4.78 is 29.5. The molecule has 31 heavy (non-hydrogen) atoms. The van der Waals surface area contributed by atoms with Gasteiger partial charge in [0.2, 0.25) is 5.91 Å². The number of aryl methyl sites for hydroxylation is 1. The molecule has 0 atom stereocenters. The van der Waals surface area contributed by atoms with Gasteiger partial charge in [0.1, 0.15) is 11.3 Å². The van der Waals surface area contributed by atoms with Gasteiger partial charge in [-0.1, -0.05) is 13.3 Å². The largest absolute Gasteiger partial charge is 0.492 e. The van der Waals surface area contributed by atoms with Crippen molar-refractivity contribution < 1.29 is 18.4 Å². The van der Waals surface area contributed by atoms with E-state index in [9.17, 15) is 9.59 Å². The van der Waals surface area contributed by atoms with E-state index in [1.165, 1.54) is 12.3 Å². The van der Waals surface area contributed by atoms with Crippen LogP contribution in [-0.2, 0) is 11.2 Å². The van der Waals surface area contributed by atoms with Crippen LogP contribution in [0, 0.1) is 5.92 Å². The minimum atomic E-state index is -2.67. The lowest BCUT2D eigenvalue weighted by Gasteiger charge is -2.16. The van der Waals surface area contributed by atoms with Crippen molar-refractivity contribution in [2.45, 2.75) is 32.6 Å². The molecule has 0 bridgehead atoms. The number of ether oxygens (including phenoxy) is 1. The normalized spacial score (nSPS) is 15.0. The Kier molecular flexibility index (Phi) is 4.76. The average Bonchev–Trinajstić information content (AvgIpc) is 3.55. The van der Waals surface area contributed by atoms with Gasteiger partial charge in [0, 0.05) is 41.0 Å². The van der Waals surface area contributed by atoms with Gasteiger partial charge < -0.3 is 20.7 Å². The Bertz CT molecular complexity index is 1240. The summed E-state index contributed by atoms with van der Waals surface area (Å²) in [6, 6.07) is 3.24. The van der Waals surface area contributed by atoms with E-state index >= 15 is 0 Å². The maximum absolute atomic E-state index is 12.7. The third-order valence-electron chi connectivity index (χ3n) is 5.17. The highest BCUT2D eigenvalue weighted by molar-refractivity contribution is 6.01. The van der Waals surface area contributed by atoms with Crippen molar-refractivity contribution in [1.29, 1.82) is 0 Å². The van der Waals surface area contributed by atoms with Crippen molar-refractivity contribution in [3.63, 3.8) is 0 Å². The molecule has 4 rings (SSSR count). The van der Waals surface area contributed by atoms with Crippen LogP contribution in [0.5, 0.6) is 5.75 Å². The molecule has 0 unspecified atom stereocenters. The first-order chi connectivity index (χ1) is 16.2. The molecule has 1 fully saturated rings. The van der Waals surface area contributed by atoms with Crippen LogP contribution in [0.2, 0.25) is 0 Å². The molecule has 0 aliphatic heterocycles. The molecule has 3 N–H and O–H groups in total. The number of pyridine rings is 2. The van der Waals surface area contributed by atoms with Crippen LogP contribution in [0.3, 0.4) is 0 Å². The van der Waals surface area contributed by atoms with Crippen LogP contribution in [0.15, 0.2) is 30.7 Å². The Labute approximate surface area is 184 Å². The first kappa shape index (κ1) is 17.1. The van der Waals surface area contributed by atoms with E-state index in [0.717, 1.165) is 36.8 Å². The molecule has 1 aliphatic carbocycles. The predicted molar refractivity (Wildman–Crippen MR) is 118 cm³/mol. The summed E-state index contributed by atoms with van der Waals surface area (Å²) >= 11 is 0. The zero-order chi connectivity index (χ0) is 24.5. The van der Waals surface area contributed by atoms with Crippen molar-refractivity contribution in [2.24, 2.45) is 5.92 Å². The van der Waals surface area contributed by atoms with E-state index in [1.807, 2.05) is 5.32 Å². The van der Waals surface area contributed by atoms with Gasteiger partial charge >= 0.3 is 0 Å². The van der Waals surface area contributed by atoms with Gasteiger partial charge in [0.15, 0.2) is 5.75 Å². The fourth-order valence-corrected chi connectivity index (χ4v) is 3.46. The van der Waals surface area contributed by atoms with E-state index in [4.69, 9.17) is 8.85 Å². The fraction of sp³-hybridized carbons (Fsp3) is 0.364. The Morgan fingerprint density at radius 3 is 2.87 bits per heavy atom. The SMILES string of the molecule is [2H]C([2H])([2H])NC(=O)c1cnc(NC(=O)C2CC2)cc1Nc1ccn2ncc(CCC)c2c1OC. The molecule has 3 aromatic heterocycles. The van der Waals surface area contributed by atoms with E-state index in [-0.39, 0.29) is 28.9 Å². The highest BCUT2D eigenvalue weighted by atomic mass is 16.5.